The summed E-state index contributed by atoms with van der Waals surface area (Å²) in [5.41, 5.74) is 1.89. The number of aromatic amines is 1. The lowest BCUT2D eigenvalue weighted by atomic mass is 10.0. The quantitative estimate of drug-likeness (QED) is 0.728. The molecule has 1 aliphatic carbocycles. The second kappa shape index (κ2) is 6.03. The van der Waals surface area contributed by atoms with E-state index in [1.807, 2.05) is 13.0 Å². The van der Waals surface area contributed by atoms with Crippen LogP contribution in [0.4, 0.5) is 5.82 Å². The van der Waals surface area contributed by atoms with Crippen LogP contribution in [0, 0.1) is 0 Å². The maximum atomic E-state index is 12.4. The smallest absolute Gasteiger partial charge is 0.232 e. The Labute approximate surface area is 147 Å². The number of anilines is 1. The lowest BCUT2D eigenvalue weighted by molar-refractivity contribution is -0.117. The highest BCUT2D eigenvalue weighted by Crippen LogP contribution is 2.39. The number of hydrogen-bond acceptors (Lipinski definition) is 5. The van der Waals surface area contributed by atoms with Crippen LogP contribution in [0.3, 0.4) is 0 Å². The summed E-state index contributed by atoms with van der Waals surface area (Å²) in [6, 6.07) is 1.91. The number of H-pyrrole nitrogens is 1. The second-order valence-electron chi connectivity index (χ2n) is 5.86. The normalized spacial score (nSPS) is 15.4. The number of aromatic nitrogens is 5. The average molecular weight is 363 g/mol. The third-order valence-corrected chi connectivity index (χ3v) is 5.18. The van der Waals surface area contributed by atoms with Gasteiger partial charge in [-0.05, 0) is 19.8 Å². The van der Waals surface area contributed by atoms with E-state index >= 15 is 0 Å². The van der Waals surface area contributed by atoms with Crippen LogP contribution in [-0.2, 0) is 4.79 Å². The Kier molecular flexibility index (Phi) is 3.85. The maximum absolute atomic E-state index is 12.4. The van der Waals surface area contributed by atoms with Crippen LogP contribution in [0.5, 0.6) is 0 Å². The van der Waals surface area contributed by atoms with Gasteiger partial charge in [-0.25, -0.2) is 9.67 Å². The summed E-state index contributed by atoms with van der Waals surface area (Å²) in [5.74, 6) is 0.660. The van der Waals surface area contributed by atoms with Gasteiger partial charge in [-0.3, -0.25) is 9.89 Å². The molecular formula is C15H15ClN6OS. The van der Waals surface area contributed by atoms with Crippen LogP contribution in [0.1, 0.15) is 42.9 Å². The number of rotatable bonds is 5. The van der Waals surface area contributed by atoms with Crippen LogP contribution >= 0.6 is 22.9 Å². The molecule has 3 aromatic rings. The van der Waals surface area contributed by atoms with Gasteiger partial charge < -0.3 is 5.32 Å². The summed E-state index contributed by atoms with van der Waals surface area (Å²) < 4.78 is 1.62. The minimum atomic E-state index is -0.352. The van der Waals surface area contributed by atoms with Crippen LogP contribution < -0.4 is 5.32 Å². The van der Waals surface area contributed by atoms with Crippen molar-refractivity contribution < 1.29 is 4.79 Å². The topological polar surface area (TPSA) is 88.5 Å². The zero-order valence-electron chi connectivity index (χ0n) is 12.9. The lowest BCUT2D eigenvalue weighted by Gasteiger charge is -2.08. The van der Waals surface area contributed by atoms with Gasteiger partial charge in [-0.2, -0.15) is 10.2 Å². The van der Waals surface area contributed by atoms with Crippen molar-refractivity contribution in [2.24, 2.45) is 0 Å². The molecule has 7 nitrogen and oxygen atoms in total. The van der Waals surface area contributed by atoms with Crippen LogP contribution in [0.25, 0.3) is 5.13 Å². The van der Waals surface area contributed by atoms with Crippen molar-refractivity contribution >= 4 is 34.7 Å². The fourth-order valence-corrected chi connectivity index (χ4v) is 3.28. The van der Waals surface area contributed by atoms with E-state index in [-0.39, 0.29) is 11.8 Å². The standard InChI is InChI=1S/C15H15ClN6OS/c1-8(10-5-17-22(6-10)15-18-12(16)7-24-15)14(23)19-13-4-11(20-21-13)9-2-3-9/h4-9H,2-3H2,1H3,(H2,19,20,21,23)/t8-/m0/s1. The van der Waals surface area contributed by atoms with Crippen LogP contribution in [-0.4, -0.2) is 30.9 Å². The number of nitrogens with one attached hydrogen (secondary N) is 2. The molecule has 0 radical (unpaired) electrons. The van der Waals surface area contributed by atoms with Gasteiger partial charge in [-0.15, -0.1) is 11.3 Å². The van der Waals surface area contributed by atoms with E-state index in [0.717, 1.165) is 11.3 Å². The SMILES string of the molecule is C[C@H](C(=O)Nc1cc(C2CC2)[nH]n1)c1cnn(-c2nc(Cl)cs2)c1. The highest BCUT2D eigenvalue weighted by Gasteiger charge is 2.26. The molecule has 0 unspecified atom stereocenters. The number of carbonyl (C=O) groups is 1. The summed E-state index contributed by atoms with van der Waals surface area (Å²) in [7, 11) is 0. The Balaban J connectivity index is 1.45. The first-order valence-electron chi connectivity index (χ1n) is 7.62. The number of hydrogen-bond donors (Lipinski definition) is 2. The highest BCUT2D eigenvalue weighted by atomic mass is 35.5. The zero-order chi connectivity index (χ0) is 16.7. The van der Waals surface area contributed by atoms with Gasteiger partial charge >= 0.3 is 0 Å². The third kappa shape index (κ3) is 3.07. The first kappa shape index (κ1) is 15.3. The second-order valence-corrected chi connectivity index (χ2v) is 7.09. The van der Waals surface area contributed by atoms with Gasteiger partial charge in [0.15, 0.2) is 5.82 Å². The Morgan fingerprint density at radius 1 is 1.54 bits per heavy atom. The monoisotopic (exact) mass is 362 g/mol. The van der Waals surface area contributed by atoms with Crippen molar-refractivity contribution in [3.63, 3.8) is 0 Å². The summed E-state index contributed by atoms with van der Waals surface area (Å²) in [5, 5.41) is 17.1. The van der Waals surface area contributed by atoms with E-state index in [1.165, 1.54) is 24.2 Å². The molecule has 0 spiro atoms. The molecule has 9 heteroatoms. The Hall–Kier alpha value is -2.19. The van der Waals surface area contributed by atoms with E-state index in [1.54, 1.807) is 22.5 Å². The molecule has 1 amide bonds. The molecule has 1 aliphatic rings. The van der Waals surface area contributed by atoms with Gasteiger partial charge in [0.2, 0.25) is 11.0 Å². The van der Waals surface area contributed by atoms with Gasteiger partial charge in [0.05, 0.1) is 12.1 Å². The fourth-order valence-electron chi connectivity index (χ4n) is 2.41. The Morgan fingerprint density at radius 2 is 2.38 bits per heavy atom. The summed E-state index contributed by atoms with van der Waals surface area (Å²) >= 11 is 7.23. The lowest BCUT2D eigenvalue weighted by Crippen LogP contribution is -2.18. The summed E-state index contributed by atoms with van der Waals surface area (Å²) in [6.07, 6.45) is 5.83. The van der Waals surface area contributed by atoms with Crippen molar-refractivity contribution in [1.82, 2.24) is 25.0 Å². The van der Waals surface area contributed by atoms with Gasteiger partial charge in [0, 0.05) is 34.8 Å². The molecule has 124 valence electrons. The van der Waals surface area contributed by atoms with Gasteiger partial charge in [0.25, 0.3) is 0 Å². The van der Waals surface area contributed by atoms with Crippen molar-refractivity contribution in [1.29, 1.82) is 0 Å². The molecule has 3 heterocycles. The minimum absolute atomic E-state index is 0.124. The largest absolute Gasteiger partial charge is 0.309 e. The summed E-state index contributed by atoms with van der Waals surface area (Å²) in [4.78, 5) is 16.6. The molecule has 3 aromatic heterocycles. The number of thiazole rings is 1. The molecule has 0 aliphatic heterocycles. The predicted molar refractivity (Wildman–Crippen MR) is 91.9 cm³/mol. The van der Waals surface area contributed by atoms with E-state index in [9.17, 15) is 4.79 Å². The highest BCUT2D eigenvalue weighted by molar-refractivity contribution is 7.12. The van der Waals surface area contributed by atoms with E-state index in [4.69, 9.17) is 11.6 Å². The van der Waals surface area contributed by atoms with E-state index in [0.29, 0.717) is 22.0 Å². The van der Waals surface area contributed by atoms with E-state index < -0.39 is 0 Å². The molecule has 1 fully saturated rings. The number of nitrogens with zero attached hydrogens (tertiary/aromatic N) is 4. The number of carbonyl (C=O) groups excluding carboxylic acids is 1. The molecule has 0 bridgehead atoms. The minimum Gasteiger partial charge on any atom is -0.309 e. The number of halogens is 1. The molecular weight excluding hydrogens is 348 g/mol. The van der Waals surface area contributed by atoms with Crippen molar-refractivity contribution in [3.8, 4) is 5.13 Å². The van der Waals surface area contributed by atoms with Crippen molar-refractivity contribution in [3.05, 3.63) is 40.3 Å². The molecule has 24 heavy (non-hydrogen) atoms. The first-order chi connectivity index (χ1) is 11.6. The molecule has 1 saturated carbocycles. The molecule has 1 atom stereocenters. The average Bonchev–Trinajstić information content (AvgIpc) is 2.98. The van der Waals surface area contributed by atoms with Crippen LogP contribution in [0.15, 0.2) is 23.8 Å². The third-order valence-electron chi connectivity index (χ3n) is 4.02. The maximum Gasteiger partial charge on any atom is 0.232 e. The molecule has 4 rings (SSSR count). The first-order valence-corrected chi connectivity index (χ1v) is 8.88. The Morgan fingerprint density at radius 3 is 3.08 bits per heavy atom. The summed E-state index contributed by atoms with van der Waals surface area (Å²) in [6.45, 7) is 1.83. The predicted octanol–water partition coefficient (Wildman–Crippen LogP) is 3.32. The number of amides is 1. The molecule has 0 saturated heterocycles. The zero-order valence-corrected chi connectivity index (χ0v) is 14.4. The van der Waals surface area contributed by atoms with Gasteiger partial charge in [0.1, 0.15) is 5.15 Å². The van der Waals surface area contributed by atoms with Crippen molar-refractivity contribution in [2.45, 2.75) is 31.6 Å². The molecule has 0 aromatic carbocycles. The fraction of sp³-hybridized carbons (Fsp3) is 0.333. The van der Waals surface area contributed by atoms with Gasteiger partial charge in [-0.1, -0.05) is 11.6 Å². The Bertz CT molecular complexity index is 880. The molecule has 2 N–H and O–H groups in total. The van der Waals surface area contributed by atoms with E-state index in [2.05, 4.69) is 25.6 Å². The van der Waals surface area contributed by atoms with Crippen molar-refractivity contribution in [2.75, 3.05) is 5.32 Å². The van der Waals surface area contributed by atoms with Crippen LogP contribution in [0.2, 0.25) is 5.15 Å².